The van der Waals surface area contributed by atoms with Crippen molar-refractivity contribution < 1.29 is 9.53 Å². The summed E-state index contributed by atoms with van der Waals surface area (Å²) in [5.41, 5.74) is -0.444. The van der Waals surface area contributed by atoms with Crippen LogP contribution in [0.3, 0.4) is 0 Å². The molecule has 0 N–H and O–H groups in total. The molecule has 0 aromatic carbocycles. The standard InChI is InChI=1S/C6H9NO2/c1-5(8)6-4-7(6)2-3-9-6/h2-4H2,1H3. The molecule has 0 amide bonds. The molecule has 0 aliphatic carbocycles. The summed E-state index contributed by atoms with van der Waals surface area (Å²) in [6.45, 7) is 4.06. The molecule has 0 bridgehead atoms. The number of rotatable bonds is 1. The second-order valence-corrected chi connectivity index (χ2v) is 2.61. The Balaban J connectivity index is 2.19. The lowest BCUT2D eigenvalue weighted by molar-refractivity contribution is -0.130. The number of fused-ring (bicyclic) bond motifs is 1. The summed E-state index contributed by atoms with van der Waals surface area (Å²) in [7, 11) is 0. The fourth-order valence-electron chi connectivity index (χ4n) is 1.38. The van der Waals surface area contributed by atoms with Crippen LogP contribution in [0.15, 0.2) is 0 Å². The van der Waals surface area contributed by atoms with Crippen molar-refractivity contribution in [2.24, 2.45) is 0 Å². The lowest BCUT2D eigenvalue weighted by Gasteiger charge is -2.03. The smallest absolute Gasteiger partial charge is 0.193 e. The molecule has 0 aromatic rings. The molecule has 2 saturated heterocycles. The first-order chi connectivity index (χ1) is 4.26. The van der Waals surface area contributed by atoms with Gasteiger partial charge in [-0.2, -0.15) is 0 Å². The predicted octanol–water partition coefficient (Wildman–Crippen LogP) is -0.383. The molecule has 2 heterocycles. The second kappa shape index (κ2) is 1.36. The highest BCUT2D eigenvalue weighted by Gasteiger charge is 2.60. The van der Waals surface area contributed by atoms with E-state index in [-0.39, 0.29) is 5.78 Å². The number of nitrogens with zero attached hydrogens (tertiary/aromatic N) is 1. The summed E-state index contributed by atoms with van der Waals surface area (Å²) < 4.78 is 5.25. The van der Waals surface area contributed by atoms with E-state index in [1.54, 1.807) is 6.92 Å². The molecule has 2 unspecified atom stereocenters. The molecule has 2 aliphatic heterocycles. The van der Waals surface area contributed by atoms with Crippen molar-refractivity contribution in [3.05, 3.63) is 0 Å². The van der Waals surface area contributed by atoms with Crippen molar-refractivity contribution in [3.8, 4) is 0 Å². The Morgan fingerprint density at radius 1 is 1.78 bits per heavy atom. The van der Waals surface area contributed by atoms with Crippen LogP contribution in [0.2, 0.25) is 0 Å². The van der Waals surface area contributed by atoms with Crippen molar-refractivity contribution in [2.75, 3.05) is 19.7 Å². The third-order valence-corrected chi connectivity index (χ3v) is 2.06. The Morgan fingerprint density at radius 3 is 2.78 bits per heavy atom. The molecule has 0 spiro atoms. The first kappa shape index (κ1) is 5.38. The average Bonchev–Trinajstić information content (AvgIpc) is 2.38. The molecule has 0 radical (unpaired) electrons. The Bertz CT molecular complexity index is 168. The fourth-order valence-corrected chi connectivity index (χ4v) is 1.38. The number of morpholine rings is 1. The van der Waals surface area contributed by atoms with Gasteiger partial charge in [-0.15, -0.1) is 0 Å². The molecule has 2 rings (SSSR count). The second-order valence-electron chi connectivity index (χ2n) is 2.61. The van der Waals surface area contributed by atoms with E-state index in [1.807, 2.05) is 0 Å². The van der Waals surface area contributed by atoms with E-state index in [9.17, 15) is 4.79 Å². The van der Waals surface area contributed by atoms with E-state index in [0.29, 0.717) is 0 Å². The van der Waals surface area contributed by atoms with Crippen LogP contribution >= 0.6 is 0 Å². The first-order valence-electron chi connectivity index (χ1n) is 3.16. The van der Waals surface area contributed by atoms with Crippen molar-refractivity contribution >= 4 is 5.78 Å². The fraction of sp³-hybridized carbons (Fsp3) is 0.833. The van der Waals surface area contributed by atoms with E-state index in [1.165, 1.54) is 0 Å². The normalized spacial score (nSPS) is 46.6. The van der Waals surface area contributed by atoms with Crippen LogP contribution in [0.25, 0.3) is 0 Å². The van der Waals surface area contributed by atoms with Crippen molar-refractivity contribution in [1.29, 1.82) is 0 Å². The molecule has 9 heavy (non-hydrogen) atoms. The highest BCUT2D eigenvalue weighted by molar-refractivity contribution is 5.88. The number of carbonyl (C=O) groups is 1. The van der Waals surface area contributed by atoms with Crippen LogP contribution in [0, 0.1) is 0 Å². The highest BCUT2D eigenvalue weighted by Crippen LogP contribution is 2.38. The van der Waals surface area contributed by atoms with Gasteiger partial charge in [0.1, 0.15) is 0 Å². The number of hydrogen-bond acceptors (Lipinski definition) is 3. The maximum atomic E-state index is 10.8. The SMILES string of the molecule is CC(=O)C12CN1CCO2. The van der Waals surface area contributed by atoms with Crippen LogP contribution in [0.1, 0.15) is 6.92 Å². The van der Waals surface area contributed by atoms with Crippen LogP contribution < -0.4 is 0 Å². The molecular formula is C6H9NO2. The van der Waals surface area contributed by atoms with Gasteiger partial charge in [-0.05, 0) is 6.92 Å². The van der Waals surface area contributed by atoms with Gasteiger partial charge in [0.15, 0.2) is 11.5 Å². The van der Waals surface area contributed by atoms with Crippen molar-refractivity contribution in [1.82, 2.24) is 4.90 Å². The maximum Gasteiger partial charge on any atom is 0.193 e. The number of hydrogen-bond donors (Lipinski definition) is 0. The van der Waals surface area contributed by atoms with Gasteiger partial charge in [-0.1, -0.05) is 0 Å². The predicted molar refractivity (Wildman–Crippen MR) is 30.9 cm³/mol. The van der Waals surface area contributed by atoms with Crippen LogP contribution in [0.4, 0.5) is 0 Å². The lowest BCUT2D eigenvalue weighted by atomic mass is 10.3. The molecule has 2 atom stereocenters. The van der Waals surface area contributed by atoms with Crippen LogP contribution in [0.5, 0.6) is 0 Å². The minimum atomic E-state index is -0.444. The molecule has 50 valence electrons. The van der Waals surface area contributed by atoms with E-state index in [0.717, 1.165) is 19.7 Å². The molecule has 2 aliphatic rings. The van der Waals surface area contributed by atoms with Crippen LogP contribution in [-0.2, 0) is 9.53 Å². The van der Waals surface area contributed by atoms with E-state index >= 15 is 0 Å². The summed E-state index contributed by atoms with van der Waals surface area (Å²) in [6.07, 6.45) is 0. The number of ether oxygens (including phenoxy) is 1. The Kier molecular flexibility index (Phi) is 0.811. The molecule has 0 aromatic heterocycles. The summed E-state index contributed by atoms with van der Waals surface area (Å²) in [4.78, 5) is 12.9. The topological polar surface area (TPSA) is 29.3 Å². The monoisotopic (exact) mass is 127 g/mol. The number of Topliss-reactive ketones (excluding diaryl/α,β-unsaturated/α-hetero) is 1. The zero-order valence-electron chi connectivity index (χ0n) is 5.39. The zero-order valence-corrected chi connectivity index (χ0v) is 5.39. The van der Waals surface area contributed by atoms with Gasteiger partial charge >= 0.3 is 0 Å². The Hall–Kier alpha value is -0.410. The van der Waals surface area contributed by atoms with E-state index in [4.69, 9.17) is 4.74 Å². The van der Waals surface area contributed by atoms with Gasteiger partial charge < -0.3 is 4.74 Å². The van der Waals surface area contributed by atoms with Gasteiger partial charge in [0.2, 0.25) is 0 Å². The summed E-state index contributed by atoms with van der Waals surface area (Å²) in [5, 5.41) is 0. The van der Waals surface area contributed by atoms with Gasteiger partial charge in [-0.3, -0.25) is 9.69 Å². The van der Waals surface area contributed by atoms with Gasteiger partial charge in [-0.25, -0.2) is 0 Å². The van der Waals surface area contributed by atoms with Gasteiger partial charge in [0, 0.05) is 6.54 Å². The zero-order chi connectivity index (χ0) is 6.48. The summed E-state index contributed by atoms with van der Waals surface area (Å²) in [6, 6.07) is 0. The average molecular weight is 127 g/mol. The minimum absolute atomic E-state index is 0.153. The quantitative estimate of drug-likeness (QED) is 0.449. The maximum absolute atomic E-state index is 10.8. The molecule has 0 saturated carbocycles. The lowest BCUT2D eigenvalue weighted by Crippen LogP contribution is -2.24. The van der Waals surface area contributed by atoms with E-state index in [2.05, 4.69) is 4.90 Å². The van der Waals surface area contributed by atoms with Gasteiger partial charge in [0.05, 0.1) is 13.2 Å². The summed E-state index contributed by atoms with van der Waals surface area (Å²) in [5.74, 6) is 0.153. The third kappa shape index (κ3) is 0.509. The number of carbonyl (C=O) groups excluding carboxylic acids is 1. The highest BCUT2D eigenvalue weighted by atomic mass is 16.6. The molecular weight excluding hydrogens is 118 g/mol. The molecule has 2 fully saturated rings. The Morgan fingerprint density at radius 2 is 2.56 bits per heavy atom. The largest absolute Gasteiger partial charge is 0.350 e. The third-order valence-electron chi connectivity index (χ3n) is 2.06. The molecule has 3 nitrogen and oxygen atoms in total. The molecule has 3 heteroatoms. The van der Waals surface area contributed by atoms with Crippen molar-refractivity contribution in [3.63, 3.8) is 0 Å². The minimum Gasteiger partial charge on any atom is -0.350 e. The van der Waals surface area contributed by atoms with Gasteiger partial charge in [0.25, 0.3) is 0 Å². The first-order valence-corrected chi connectivity index (χ1v) is 3.16. The van der Waals surface area contributed by atoms with Crippen LogP contribution in [-0.4, -0.2) is 36.1 Å². The van der Waals surface area contributed by atoms with E-state index < -0.39 is 5.72 Å². The Labute approximate surface area is 53.6 Å². The van der Waals surface area contributed by atoms with Crippen molar-refractivity contribution in [2.45, 2.75) is 12.6 Å². The summed E-state index contributed by atoms with van der Waals surface area (Å²) >= 11 is 0. The number of ketones is 1.